The number of hydrogen-bond acceptors (Lipinski definition) is 3. The summed E-state index contributed by atoms with van der Waals surface area (Å²) < 4.78 is 13.0. The fourth-order valence-electron chi connectivity index (χ4n) is 3.39. The number of aromatic nitrogens is 2. The Kier molecular flexibility index (Phi) is 5.85. The maximum absolute atomic E-state index is 13.0. The van der Waals surface area contributed by atoms with Crippen LogP contribution < -0.4 is 0 Å². The van der Waals surface area contributed by atoms with Crippen LogP contribution in [0, 0.1) is 5.82 Å². The first-order valence-corrected chi connectivity index (χ1v) is 10.0. The van der Waals surface area contributed by atoms with E-state index < -0.39 is 0 Å². The van der Waals surface area contributed by atoms with Crippen molar-refractivity contribution in [2.24, 2.45) is 0 Å². The van der Waals surface area contributed by atoms with Crippen LogP contribution in [0.2, 0.25) is 10.0 Å². The highest BCUT2D eigenvalue weighted by molar-refractivity contribution is 6.36. The summed E-state index contributed by atoms with van der Waals surface area (Å²) in [7, 11) is 0. The van der Waals surface area contributed by atoms with Gasteiger partial charge in [-0.15, -0.1) is 0 Å². The topological polar surface area (TPSA) is 52.2 Å². The first-order valence-electron chi connectivity index (χ1n) is 9.26. The molecule has 1 aliphatic rings. The summed E-state index contributed by atoms with van der Waals surface area (Å²) in [6.45, 7) is 3.50. The lowest BCUT2D eigenvalue weighted by atomic mass is 10.1. The van der Waals surface area contributed by atoms with Crippen molar-refractivity contribution in [1.29, 1.82) is 0 Å². The second-order valence-electron chi connectivity index (χ2n) is 6.99. The van der Waals surface area contributed by atoms with Gasteiger partial charge in [0.05, 0.1) is 10.7 Å². The molecule has 0 atom stereocenters. The summed E-state index contributed by atoms with van der Waals surface area (Å²) in [4.78, 5) is 16.9. The van der Waals surface area contributed by atoms with Gasteiger partial charge in [-0.1, -0.05) is 35.3 Å². The number of nitrogens with one attached hydrogen (secondary N) is 1. The van der Waals surface area contributed by atoms with Gasteiger partial charge in [-0.3, -0.25) is 14.8 Å². The fourth-order valence-corrected chi connectivity index (χ4v) is 3.90. The average molecular weight is 433 g/mol. The van der Waals surface area contributed by atoms with Crippen LogP contribution in [0.4, 0.5) is 4.39 Å². The summed E-state index contributed by atoms with van der Waals surface area (Å²) in [6.07, 6.45) is 0. The molecule has 1 amide bonds. The zero-order valence-corrected chi connectivity index (χ0v) is 17.0. The van der Waals surface area contributed by atoms with E-state index in [0.29, 0.717) is 34.5 Å². The predicted octanol–water partition coefficient (Wildman–Crippen LogP) is 4.48. The number of carbonyl (C=O) groups excluding carboxylic acids is 1. The molecule has 1 aromatic heterocycles. The van der Waals surface area contributed by atoms with E-state index in [0.717, 1.165) is 30.8 Å². The molecule has 0 radical (unpaired) electrons. The first kappa shape index (κ1) is 19.9. The van der Waals surface area contributed by atoms with E-state index in [2.05, 4.69) is 15.1 Å². The second-order valence-corrected chi connectivity index (χ2v) is 7.83. The Labute approximate surface area is 178 Å². The molecular weight excluding hydrogens is 414 g/mol. The van der Waals surface area contributed by atoms with Gasteiger partial charge < -0.3 is 4.90 Å². The number of amides is 1. The minimum Gasteiger partial charge on any atom is -0.335 e. The van der Waals surface area contributed by atoms with Gasteiger partial charge in [0.2, 0.25) is 0 Å². The third-order valence-electron chi connectivity index (χ3n) is 4.99. The van der Waals surface area contributed by atoms with E-state index in [1.807, 2.05) is 4.90 Å². The summed E-state index contributed by atoms with van der Waals surface area (Å²) in [5.41, 5.74) is 2.81. The summed E-state index contributed by atoms with van der Waals surface area (Å²) in [5, 5.41) is 8.08. The Morgan fingerprint density at radius 3 is 2.45 bits per heavy atom. The molecule has 29 heavy (non-hydrogen) atoms. The highest BCUT2D eigenvalue weighted by atomic mass is 35.5. The fraction of sp³-hybridized carbons (Fsp3) is 0.238. The SMILES string of the molecule is O=C(c1cc(-c2ccc(Cl)cc2Cl)n[nH]1)N1CCN(Cc2ccc(F)cc2)CC1. The Balaban J connectivity index is 1.37. The van der Waals surface area contributed by atoms with Crippen molar-refractivity contribution in [3.63, 3.8) is 0 Å². The van der Waals surface area contributed by atoms with Crippen molar-refractivity contribution in [3.05, 3.63) is 75.7 Å². The largest absolute Gasteiger partial charge is 0.335 e. The summed E-state index contributed by atoms with van der Waals surface area (Å²) in [6, 6.07) is 13.4. The van der Waals surface area contributed by atoms with Crippen molar-refractivity contribution in [2.75, 3.05) is 26.2 Å². The van der Waals surface area contributed by atoms with Crippen LogP contribution in [0.3, 0.4) is 0 Å². The van der Waals surface area contributed by atoms with Crippen LogP contribution in [0.25, 0.3) is 11.3 Å². The van der Waals surface area contributed by atoms with Crippen LogP contribution in [0.15, 0.2) is 48.5 Å². The lowest BCUT2D eigenvalue weighted by Crippen LogP contribution is -2.48. The Hall–Kier alpha value is -2.41. The Morgan fingerprint density at radius 2 is 1.76 bits per heavy atom. The molecule has 2 heterocycles. The van der Waals surface area contributed by atoms with Crippen LogP contribution >= 0.6 is 23.2 Å². The van der Waals surface area contributed by atoms with Gasteiger partial charge in [0.1, 0.15) is 11.5 Å². The Morgan fingerprint density at radius 1 is 1.03 bits per heavy atom. The number of piperazine rings is 1. The molecule has 150 valence electrons. The third-order valence-corrected chi connectivity index (χ3v) is 5.54. The molecule has 8 heteroatoms. The maximum atomic E-state index is 13.0. The minimum absolute atomic E-state index is 0.0877. The molecule has 2 aromatic carbocycles. The summed E-state index contributed by atoms with van der Waals surface area (Å²) in [5.74, 6) is -0.321. The average Bonchev–Trinajstić information content (AvgIpc) is 3.20. The number of H-pyrrole nitrogens is 1. The lowest BCUT2D eigenvalue weighted by Gasteiger charge is -2.34. The molecule has 1 fully saturated rings. The number of rotatable bonds is 4. The maximum Gasteiger partial charge on any atom is 0.271 e. The van der Waals surface area contributed by atoms with Gasteiger partial charge in [-0.25, -0.2) is 4.39 Å². The molecule has 0 saturated carbocycles. The van der Waals surface area contributed by atoms with Crippen molar-refractivity contribution in [1.82, 2.24) is 20.0 Å². The van der Waals surface area contributed by atoms with Crippen LogP contribution in [-0.4, -0.2) is 52.1 Å². The minimum atomic E-state index is -0.233. The van der Waals surface area contributed by atoms with Gasteiger partial charge in [0.25, 0.3) is 5.91 Å². The monoisotopic (exact) mass is 432 g/mol. The molecule has 4 rings (SSSR count). The molecule has 0 aliphatic carbocycles. The van der Waals surface area contributed by atoms with Gasteiger partial charge in [0, 0.05) is 43.3 Å². The Bertz CT molecular complexity index is 1010. The van der Waals surface area contributed by atoms with E-state index in [1.165, 1.54) is 12.1 Å². The van der Waals surface area contributed by atoms with Crippen molar-refractivity contribution >= 4 is 29.1 Å². The quantitative estimate of drug-likeness (QED) is 0.660. The van der Waals surface area contributed by atoms with Gasteiger partial charge >= 0.3 is 0 Å². The van der Waals surface area contributed by atoms with Gasteiger partial charge in [0.15, 0.2) is 0 Å². The molecule has 1 saturated heterocycles. The number of aromatic amines is 1. The standard InChI is InChI=1S/C21H19Cl2FN4O/c22-15-3-6-17(18(23)11-15)19-12-20(26-25-19)21(29)28-9-7-27(8-10-28)13-14-1-4-16(24)5-2-14/h1-6,11-12H,7-10,13H2,(H,25,26). The van der Waals surface area contributed by atoms with Crippen molar-refractivity contribution < 1.29 is 9.18 Å². The number of halogens is 3. The number of benzene rings is 2. The molecular formula is C21H19Cl2FN4O. The van der Waals surface area contributed by atoms with Crippen molar-refractivity contribution in [2.45, 2.75) is 6.54 Å². The molecule has 5 nitrogen and oxygen atoms in total. The zero-order chi connectivity index (χ0) is 20.4. The normalized spacial score (nSPS) is 14.9. The van der Waals surface area contributed by atoms with E-state index >= 15 is 0 Å². The van der Waals surface area contributed by atoms with E-state index in [1.54, 1.807) is 36.4 Å². The number of carbonyl (C=O) groups is 1. The lowest BCUT2D eigenvalue weighted by molar-refractivity contribution is 0.0622. The molecule has 1 aliphatic heterocycles. The summed E-state index contributed by atoms with van der Waals surface area (Å²) >= 11 is 12.2. The van der Waals surface area contributed by atoms with E-state index in [4.69, 9.17) is 23.2 Å². The molecule has 0 spiro atoms. The smallest absolute Gasteiger partial charge is 0.271 e. The van der Waals surface area contributed by atoms with Crippen LogP contribution in [-0.2, 0) is 6.54 Å². The van der Waals surface area contributed by atoms with E-state index in [9.17, 15) is 9.18 Å². The highest BCUT2D eigenvalue weighted by Gasteiger charge is 2.24. The predicted molar refractivity (Wildman–Crippen MR) is 112 cm³/mol. The first-order chi connectivity index (χ1) is 14.0. The molecule has 3 aromatic rings. The van der Waals surface area contributed by atoms with Crippen molar-refractivity contribution in [3.8, 4) is 11.3 Å². The second kappa shape index (κ2) is 8.53. The van der Waals surface area contributed by atoms with Crippen LogP contribution in [0.5, 0.6) is 0 Å². The molecule has 0 unspecified atom stereocenters. The number of nitrogens with zero attached hydrogens (tertiary/aromatic N) is 3. The zero-order valence-electron chi connectivity index (χ0n) is 15.5. The van der Waals surface area contributed by atoms with E-state index in [-0.39, 0.29) is 11.7 Å². The number of hydrogen-bond donors (Lipinski definition) is 1. The molecule has 0 bridgehead atoms. The van der Waals surface area contributed by atoms with Gasteiger partial charge in [-0.2, -0.15) is 5.10 Å². The van der Waals surface area contributed by atoms with Crippen LogP contribution in [0.1, 0.15) is 16.1 Å². The third kappa shape index (κ3) is 4.61. The highest BCUT2D eigenvalue weighted by Crippen LogP contribution is 2.29. The van der Waals surface area contributed by atoms with Gasteiger partial charge in [-0.05, 0) is 42.0 Å². The molecule has 1 N–H and O–H groups in total.